The number of hydrogen-bond donors (Lipinski definition) is 0. The minimum absolute atomic E-state index is 0.0420. The molecule has 0 aromatic heterocycles. The Morgan fingerprint density at radius 3 is 1.86 bits per heavy atom. The lowest BCUT2D eigenvalue weighted by molar-refractivity contribution is 0.0282. The highest BCUT2D eigenvalue weighted by Gasteiger charge is 2.43. The Hall–Kier alpha value is -4.71. The van der Waals surface area contributed by atoms with Gasteiger partial charge in [0.25, 0.3) is 0 Å². The molecule has 2 unspecified atom stereocenters. The molecule has 0 N–H and O–H groups in total. The molecule has 2 fully saturated rings. The second-order valence-corrected chi connectivity index (χ2v) is 12.8. The lowest BCUT2D eigenvalue weighted by atomic mass is 10.0. The zero-order valence-corrected chi connectivity index (χ0v) is 24.8. The fourth-order valence-corrected chi connectivity index (χ4v) is 6.62. The van der Waals surface area contributed by atoms with E-state index in [0.717, 1.165) is 58.0 Å². The minimum atomic E-state index is -0.492. The zero-order valence-electron chi connectivity index (χ0n) is 24.8. The van der Waals surface area contributed by atoms with Gasteiger partial charge in [0.1, 0.15) is 5.60 Å². The SMILES string of the molecule is CC(C)(C)OC(=O)N1CC2CN(c3ccc4c(c3)C(=O)c3cc(N=C(c5ccccc5)c5ccccc5)ccc3-4)CC2C1. The van der Waals surface area contributed by atoms with Crippen LogP contribution in [0.2, 0.25) is 0 Å². The van der Waals surface area contributed by atoms with E-state index >= 15 is 0 Å². The van der Waals surface area contributed by atoms with E-state index in [0.29, 0.717) is 30.5 Å². The third-order valence-corrected chi connectivity index (χ3v) is 8.62. The van der Waals surface area contributed by atoms with Gasteiger partial charge in [-0.15, -0.1) is 0 Å². The molecule has 1 amide bonds. The van der Waals surface area contributed by atoms with Gasteiger partial charge in [0.15, 0.2) is 5.78 Å². The predicted octanol–water partition coefficient (Wildman–Crippen LogP) is 7.37. The van der Waals surface area contributed by atoms with Crippen molar-refractivity contribution in [3.63, 3.8) is 0 Å². The molecule has 6 heteroatoms. The maximum Gasteiger partial charge on any atom is 0.410 e. The van der Waals surface area contributed by atoms with E-state index in [1.807, 2.05) is 86.3 Å². The van der Waals surface area contributed by atoms with Crippen LogP contribution in [0.25, 0.3) is 11.1 Å². The van der Waals surface area contributed by atoms with Crippen molar-refractivity contribution in [3.05, 3.63) is 119 Å². The van der Waals surface area contributed by atoms with E-state index in [-0.39, 0.29) is 11.9 Å². The predicted molar refractivity (Wildman–Crippen MR) is 170 cm³/mol. The van der Waals surface area contributed by atoms with Crippen LogP contribution in [0.4, 0.5) is 16.2 Å². The molecule has 2 heterocycles. The largest absolute Gasteiger partial charge is 0.444 e. The van der Waals surface area contributed by atoms with Crippen molar-refractivity contribution in [2.24, 2.45) is 16.8 Å². The summed E-state index contributed by atoms with van der Waals surface area (Å²) in [7, 11) is 0. The third-order valence-electron chi connectivity index (χ3n) is 8.62. The van der Waals surface area contributed by atoms with E-state index in [9.17, 15) is 9.59 Å². The van der Waals surface area contributed by atoms with E-state index in [1.165, 1.54) is 0 Å². The van der Waals surface area contributed by atoms with Crippen LogP contribution in [0.15, 0.2) is 102 Å². The average molecular weight is 570 g/mol. The van der Waals surface area contributed by atoms with Crippen LogP contribution < -0.4 is 4.90 Å². The number of ether oxygens (including phenoxy) is 1. The summed E-state index contributed by atoms with van der Waals surface area (Å²) in [5.74, 6) is 0.843. The number of likely N-dealkylation sites (tertiary alicyclic amines) is 1. The molecular formula is C37H35N3O3. The first-order valence-corrected chi connectivity index (χ1v) is 15.0. The van der Waals surface area contributed by atoms with Gasteiger partial charge in [-0.05, 0) is 56.2 Å². The normalized spacial score (nSPS) is 18.7. The lowest BCUT2D eigenvalue weighted by Crippen LogP contribution is -2.37. The fourth-order valence-electron chi connectivity index (χ4n) is 6.62. The van der Waals surface area contributed by atoms with Crippen LogP contribution in [0.3, 0.4) is 0 Å². The maximum atomic E-state index is 13.7. The number of benzene rings is 4. The van der Waals surface area contributed by atoms with Gasteiger partial charge in [-0.25, -0.2) is 9.79 Å². The molecule has 4 aromatic rings. The van der Waals surface area contributed by atoms with Crippen molar-refractivity contribution >= 4 is 29.0 Å². The topological polar surface area (TPSA) is 62.2 Å². The first-order chi connectivity index (χ1) is 20.7. The Morgan fingerprint density at radius 2 is 1.28 bits per heavy atom. The van der Waals surface area contributed by atoms with E-state index in [1.54, 1.807) is 0 Å². The number of anilines is 1. The monoisotopic (exact) mass is 569 g/mol. The first-order valence-electron chi connectivity index (χ1n) is 15.0. The highest BCUT2D eigenvalue weighted by Crippen LogP contribution is 2.42. The number of aliphatic imine (C=N–C) groups is 1. The van der Waals surface area contributed by atoms with Crippen molar-refractivity contribution in [1.82, 2.24) is 4.90 Å². The smallest absolute Gasteiger partial charge is 0.410 e. The molecule has 0 spiro atoms. The number of rotatable bonds is 4. The molecular weight excluding hydrogens is 534 g/mol. The summed E-state index contributed by atoms with van der Waals surface area (Å²) in [5, 5.41) is 0. The van der Waals surface area contributed by atoms with Crippen LogP contribution >= 0.6 is 0 Å². The number of fused-ring (bicyclic) bond motifs is 4. The Bertz CT molecular complexity index is 1680. The van der Waals surface area contributed by atoms with Crippen LogP contribution in [-0.4, -0.2) is 54.3 Å². The summed E-state index contributed by atoms with van der Waals surface area (Å²) in [5.41, 5.74) is 7.62. The molecule has 4 aromatic carbocycles. The van der Waals surface area contributed by atoms with Gasteiger partial charge in [0, 0.05) is 66.0 Å². The number of carbonyl (C=O) groups is 2. The Morgan fingerprint density at radius 1 is 0.721 bits per heavy atom. The molecule has 0 bridgehead atoms. The molecule has 3 aliphatic rings. The van der Waals surface area contributed by atoms with E-state index in [4.69, 9.17) is 9.73 Å². The van der Waals surface area contributed by atoms with Gasteiger partial charge in [0.2, 0.25) is 0 Å². The summed E-state index contributed by atoms with van der Waals surface area (Å²) in [6.07, 6.45) is -0.224. The summed E-state index contributed by atoms with van der Waals surface area (Å²) in [6.45, 7) is 8.85. The number of hydrogen-bond acceptors (Lipinski definition) is 5. The number of carbonyl (C=O) groups excluding carboxylic acids is 2. The molecule has 7 rings (SSSR count). The van der Waals surface area contributed by atoms with Crippen molar-refractivity contribution in [2.75, 3.05) is 31.1 Å². The van der Waals surface area contributed by atoms with Crippen molar-refractivity contribution in [1.29, 1.82) is 0 Å². The Kier molecular flexibility index (Phi) is 6.65. The highest BCUT2D eigenvalue weighted by molar-refractivity contribution is 6.22. The molecule has 1 aliphatic carbocycles. The van der Waals surface area contributed by atoms with Crippen LogP contribution in [0, 0.1) is 11.8 Å². The van der Waals surface area contributed by atoms with Gasteiger partial charge < -0.3 is 14.5 Å². The lowest BCUT2D eigenvalue weighted by Gasteiger charge is -2.26. The number of amides is 1. The molecule has 6 nitrogen and oxygen atoms in total. The molecule has 2 saturated heterocycles. The fraction of sp³-hybridized carbons (Fsp3) is 0.270. The first kappa shape index (κ1) is 27.1. The standard InChI is InChI=1S/C37H35N3O3/c1-37(2,3)43-36(42)40-22-26-20-39(21-27(26)23-40)29-15-17-31-30-16-14-28(18-32(30)35(41)33(31)19-29)38-34(24-10-6-4-7-11-24)25-12-8-5-9-13-25/h4-19,26-27H,20-23H2,1-3H3. The van der Waals surface area contributed by atoms with Crippen LogP contribution in [0.5, 0.6) is 0 Å². The quantitative estimate of drug-likeness (QED) is 0.212. The Labute approximate surface area is 252 Å². The van der Waals surface area contributed by atoms with Gasteiger partial charge in [0.05, 0.1) is 11.4 Å². The second-order valence-electron chi connectivity index (χ2n) is 12.8. The van der Waals surface area contributed by atoms with E-state index in [2.05, 4.69) is 41.3 Å². The second kappa shape index (κ2) is 10.5. The van der Waals surface area contributed by atoms with Crippen LogP contribution in [-0.2, 0) is 4.74 Å². The van der Waals surface area contributed by atoms with Gasteiger partial charge in [-0.3, -0.25) is 4.79 Å². The third kappa shape index (κ3) is 5.22. The molecule has 2 atom stereocenters. The van der Waals surface area contributed by atoms with Crippen molar-refractivity contribution in [2.45, 2.75) is 26.4 Å². The summed E-state index contributed by atoms with van der Waals surface area (Å²) in [6, 6.07) is 32.5. The van der Waals surface area contributed by atoms with Gasteiger partial charge in [-0.1, -0.05) is 72.8 Å². The van der Waals surface area contributed by atoms with E-state index < -0.39 is 5.60 Å². The molecule has 43 heavy (non-hydrogen) atoms. The average Bonchev–Trinajstić information content (AvgIpc) is 3.67. The zero-order chi connectivity index (χ0) is 29.7. The van der Waals surface area contributed by atoms with Crippen LogP contribution in [0.1, 0.15) is 47.8 Å². The molecule has 2 aliphatic heterocycles. The minimum Gasteiger partial charge on any atom is -0.444 e. The molecule has 216 valence electrons. The van der Waals surface area contributed by atoms with Crippen molar-refractivity contribution in [3.8, 4) is 11.1 Å². The summed E-state index contributed by atoms with van der Waals surface area (Å²) in [4.78, 5) is 35.6. The number of nitrogens with zero attached hydrogens (tertiary/aromatic N) is 3. The molecule has 0 saturated carbocycles. The summed E-state index contributed by atoms with van der Waals surface area (Å²) < 4.78 is 5.59. The van der Waals surface area contributed by atoms with Gasteiger partial charge in [-0.2, -0.15) is 0 Å². The molecule has 0 radical (unpaired) electrons. The maximum absolute atomic E-state index is 13.7. The van der Waals surface area contributed by atoms with Crippen molar-refractivity contribution < 1.29 is 14.3 Å². The summed E-state index contributed by atoms with van der Waals surface area (Å²) >= 11 is 0. The highest BCUT2D eigenvalue weighted by atomic mass is 16.6. The van der Waals surface area contributed by atoms with Gasteiger partial charge >= 0.3 is 6.09 Å². The Balaban J connectivity index is 1.11. The number of ketones is 1.